The van der Waals surface area contributed by atoms with Gasteiger partial charge in [0.25, 0.3) is 0 Å². The standard InChI is InChI=1S/C6H7ClO2/c1-5(6(8)9)3-2-4-7/h2,4H,1,3H2,(H,8,9). The van der Waals surface area contributed by atoms with Crippen LogP contribution in [0.4, 0.5) is 0 Å². The first-order valence-electron chi connectivity index (χ1n) is 2.34. The van der Waals surface area contributed by atoms with Crippen molar-refractivity contribution in [1.29, 1.82) is 0 Å². The first-order chi connectivity index (χ1) is 4.18. The number of aliphatic carboxylic acids is 1. The highest BCUT2D eigenvalue weighted by Gasteiger charge is 1.98. The Hall–Kier alpha value is -0.760. The number of carbonyl (C=O) groups is 1. The molecule has 50 valence electrons. The van der Waals surface area contributed by atoms with Gasteiger partial charge in [0.15, 0.2) is 0 Å². The van der Waals surface area contributed by atoms with E-state index in [1.165, 1.54) is 11.6 Å². The van der Waals surface area contributed by atoms with E-state index in [0.717, 1.165) is 0 Å². The maximum atomic E-state index is 10.0. The third-order valence-corrected chi connectivity index (χ3v) is 0.934. The van der Waals surface area contributed by atoms with Gasteiger partial charge in [-0.1, -0.05) is 24.3 Å². The van der Waals surface area contributed by atoms with E-state index in [-0.39, 0.29) is 5.57 Å². The highest BCUT2D eigenvalue weighted by Crippen LogP contribution is 1.98. The molecule has 0 fully saturated rings. The largest absolute Gasteiger partial charge is 0.478 e. The van der Waals surface area contributed by atoms with Crippen LogP contribution < -0.4 is 0 Å². The summed E-state index contributed by atoms with van der Waals surface area (Å²) < 4.78 is 0. The molecule has 0 saturated carbocycles. The summed E-state index contributed by atoms with van der Waals surface area (Å²) in [4.78, 5) is 10.0. The Morgan fingerprint density at radius 3 is 2.67 bits per heavy atom. The van der Waals surface area contributed by atoms with Gasteiger partial charge in [-0.15, -0.1) is 0 Å². The molecule has 9 heavy (non-hydrogen) atoms. The van der Waals surface area contributed by atoms with Crippen LogP contribution in [0, 0.1) is 0 Å². The van der Waals surface area contributed by atoms with Gasteiger partial charge in [-0.3, -0.25) is 0 Å². The van der Waals surface area contributed by atoms with Gasteiger partial charge >= 0.3 is 5.97 Å². The van der Waals surface area contributed by atoms with E-state index >= 15 is 0 Å². The summed E-state index contributed by atoms with van der Waals surface area (Å²) in [6, 6.07) is 0. The minimum absolute atomic E-state index is 0.145. The summed E-state index contributed by atoms with van der Waals surface area (Å²) in [5.41, 5.74) is 1.42. The Morgan fingerprint density at radius 2 is 2.33 bits per heavy atom. The molecule has 0 heterocycles. The molecule has 0 aliphatic heterocycles. The molecule has 0 radical (unpaired) electrons. The molecule has 0 spiro atoms. The van der Waals surface area contributed by atoms with Crippen molar-refractivity contribution in [3.05, 3.63) is 23.8 Å². The molecule has 0 aromatic rings. The molecule has 0 rings (SSSR count). The highest BCUT2D eigenvalue weighted by molar-refractivity contribution is 6.25. The van der Waals surface area contributed by atoms with Crippen LogP contribution in [-0.2, 0) is 4.79 Å². The lowest BCUT2D eigenvalue weighted by Gasteiger charge is -1.89. The van der Waals surface area contributed by atoms with Gasteiger partial charge in [-0.2, -0.15) is 0 Å². The molecule has 0 atom stereocenters. The van der Waals surface area contributed by atoms with Crippen molar-refractivity contribution >= 4 is 17.6 Å². The van der Waals surface area contributed by atoms with Gasteiger partial charge in [0.1, 0.15) is 0 Å². The van der Waals surface area contributed by atoms with Gasteiger partial charge in [-0.05, 0) is 6.42 Å². The number of hydrogen-bond acceptors (Lipinski definition) is 1. The average molecular weight is 147 g/mol. The smallest absolute Gasteiger partial charge is 0.331 e. The van der Waals surface area contributed by atoms with Crippen molar-refractivity contribution in [2.24, 2.45) is 0 Å². The summed E-state index contributed by atoms with van der Waals surface area (Å²) in [5, 5.41) is 8.23. The van der Waals surface area contributed by atoms with Crippen LogP contribution in [0.3, 0.4) is 0 Å². The molecule has 0 aliphatic carbocycles. The maximum absolute atomic E-state index is 10.0. The lowest BCUT2D eigenvalue weighted by atomic mass is 10.2. The topological polar surface area (TPSA) is 37.3 Å². The molecular weight excluding hydrogens is 140 g/mol. The summed E-state index contributed by atoms with van der Waals surface area (Å²) >= 11 is 5.14. The van der Waals surface area contributed by atoms with E-state index in [2.05, 4.69) is 6.58 Å². The molecule has 0 aliphatic rings. The zero-order valence-corrected chi connectivity index (χ0v) is 5.56. The second-order valence-corrected chi connectivity index (χ2v) is 1.73. The van der Waals surface area contributed by atoms with Gasteiger partial charge in [0.2, 0.25) is 0 Å². The number of carboxylic acid groups (broad SMARTS) is 1. The van der Waals surface area contributed by atoms with Crippen LogP contribution in [0.1, 0.15) is 6.42 Å². The van der Waals surface area contributed by atoms with E-state index in [1.807, 2.05) is 0 Å². The Bertz CT molecular complexity index is 149. The number of rotatable bonds is 3. The normalized spacial score (nSPS) is 9.89. The summed E-state index contributed by atoms with van der Waals surface area (Å²) in [5.74, 6) is -0.982. The van der Waals surface area contributed by atoms with Crippen LogP contribution in [0.2, 0.25) is 0 Å². The summed E-state index contributed by atoms with van der Waals surface area (Å²) in [7, 11) is 0. The third kappa shape index (κ3) is 3.79. The first-order valence-corrected chi connectivity index (χ1v) is 2.78. The minimum atomic E-state index is -0.982. The van der Waals surface area contributed by atoms with Crippen LogP contribution in [-0.4, -0.2) is 11.1 Å². The Labute approximate surface area is 58.4 Å². The predicted molar refractivity (Wildman–Crippen MR) is 36.4 cm³/mol. The Kier molecular flexibility index (Phi) is 3.80. The average Bonchev–Trinajstić information content (AvgIpc) is 1.82. The van der Waals surface area contributed by atoms with E-state index in [4.69, 9.17) is 16.7 Å². The van der Waals surface area contributed by atoms with Crippen molar-refractivity contribution in [2.75, 3.05) is 0 Å². The Morgan fingerprint density at radius 1 is 1.78 bits per heavy atom. The molecule has 1 N–H and O–H groups in total. The monoisotopic (exact) mass is 146 g/mol. The minimum Gasteiger partial charge on any atom is -0.478 e. The van der Waals surface area contributed by atoms with Crippen molar-refractivity contribution < 1.29 is 9.90 Å². The van der Waals surface area contributed by atoms with Crippen molar-refractivity contribution in [3.63, 3.8) is 0 Å². The van der Waals surface area contributed by atoms with Crippen LogP contribution in [0.15, 0.2) is 23.8 Å². The van der Waals surface area contributed by atoms with Crippen LogP contribution in [0.5, 0.6) is 0 Å². The molecule has 2 nitrogen and oxygen atoms in total. The summed E-state index contributed by atoms with van der Waals surface area (Å²) in [6.07, 6.45) is 1.83. The van der Waals surface area contributed by atoms with Gasteiger partial charge in [-0.25, -0.2) is 4.79 Å². The zero-order valence-electron chi connectivity index (χ0n) is 4.80. The molecule has 0 aromatic heterocycles. The predicted octanol–water partition coefficient (Wildman–Crippen LogP) is 1.77. The molecular formula is C6H7ClO2. The van der Waals surface area contributed by atoms with Gasteiger partial charge in [0.05, 0.1) is 0 Å². The van der Waals surface area contributed by atoms with E-state index < -0.39 is 5.97 Å². The van der Waals surface area contributed by atoms with E-state index in [1.54, 1.807) is 0 Å². The number of allylic oxidation sites excluding steroid dienone is 1. The quantitative estimate of drug-likeness (QED) is 0.617. The molecule has 0 saturated heterocycles. The fourth-order valence-electron chi connectivity index (χ4n) is 0.274. The van der Waals surface area contributed by atoms with Crippen molar-refractivity contribution in [1.82, 2.24) is 0 Å². The zero-order chi connectivity index (χ0) is 7.28. The molecule has 0 unspecified atom stereocenters. The SMILES string of the molecule is C=C(CC=CCl)C(=O)O. The second kappa shape index (κ2) is 4.15. The summed E-state index contributed by atoms with van der Waals surface area (Å²) in [6.45, 7) is 3.28. The van der Waals surface area contributed by atoms with Crippen molar-refractivity contribution in [2.45, 2.75) is 6.42 Å². The molecule has 3 heteroatoms. The van der Waals surface area contributed by atoms with Gasteiger partial charge in [0, 0.05) is 11.1 Å². The van der Waals surface area contributed by atoms with Gasteiger partial charge < -0.3 is 5.11 Å². The maximum Gasteiger partial charge on any atom is 0.331 e. The highest BCUT2D eigenvalue weighted by atomic mass is 35.5. The lowest BCUT2D eigenvalue weighted by molar-refractivity contribution is -0.132. The van der Waals surface area contributed by atoms with E-state index in [9.17, 15) is 4.79 Å². The van der Waals surface area contributed by atoms with Crippen LogP contribution in [0.25, 0.3) is 0 Å². The Balaban J connectivity index is 3.65. The van der Waals surface area contributed by atoms with E-state index in [0.29, 0.717) is 6.42 Å². The number of carboxylic acids is 1. The lowest BCUT2D eigenvalue weighted by Crippen LogP contribution is -1.96. The fraction of sp³-hybridized carbons (Fsp3) is 0.167. The molecule has 0 bridgehead atoms. The third-order valence-electron chi connectivity index (χ3n) is 0.756. The number of halogens is 1. The second-order valence-electron chi connectivity index (χ2n) is 1.47. The fourth-order valence-corrected chi connectivity index (χ4v) is 0.363. The number of hydrogen-bond donors (Lipinski definition) is 1. The first kappa shape index (κ1) is 8.24. The van der Waals surface area contributed by atoms with Crippen molar-refractivity contribution in [3.8, 4) is 0 Å². The molecule has 0 amide bonds. The molecule has 0 aromatic carbocycles. The van der Waals surface area contributed by atoms with Crippen LogP contribution >= 0.6 is 11.6 Å².